The number of amides is 2. The highest BCUT2D eigenvalue weighted by molar-refractivity contribution is 9.10. The number of phenolic OH excluding ortho intramolecular Hbond substituents is 1. The number of hydrogen-bond acceptors (Lipinski definition) is 4. The second-order valence-electron chi connectivity index (χ2n) is 6.31. The van der Waals surface area contributed by atoms with Crippen molar-refractivity contribution in [3.63, 3.8) is 0 Å². The monoisotopic (exact) mass is 451 g/mol. The molecule has 0 unspecified atom stereocenters. The van der Waals surface area contributed by atoms with E-state index in [-0.39, 0.29) is 11.7 Å². The van der Waals surface area contributed by atoms with E-state index in [2.05, 4.69) is 31.8 Å². The quantitative estimate of drug-likeness (QED) is 0.394. The lowest BCUT2D eigenvalue weighted by Crippen LogP contribution is -2.18. The minimum Gasteiger partial charge on any atom is -0.507 e. The summed E-state index contributed by atoms with van der Waals surface area (Å²) < 4.78 is 0.778. The van der Waals surface area contributed by atoms with Crippen molar-refractivity contribution >= 4 is 39.6 Å². The van der Waals surface area contributed by atoms with Gasteiger partial charge in [0.15, 0.2) is 0 Å². The molecule has 2 amide bonds. The molecule has 0 saturated heterocycles. The Kier molecular flexibility index (Phi) is 6.41. The zero-order valence-corrected chi connectivity index (χ0v) is 17.1. The fourth-order valence-corrected chi connectivity index (χ4v) is 2.96. The van der Waals surface area contributed by atoms with E-state index in [9.17, 15) is 14.7 Å². The Balaban J connectivity index is 1.67. The number of anilines is 1. The van der Waals surface area contributed by atoms with Gasteiger partial charge in [-0.3, -0.25) is 9.59 Å². The number of benzene rings is 3. The third kappa shape index (κ3) is 5.52. The summed E-state index contributed by atoms with van der Waals surface area (Å²) in [7, 11) is 0. The Morgan fingerprint density at radius 2 is 1.69 bits per heavy atom. The van der Waals surface area contributed by atoms with Gasteiger partial charge in [-0.15, -0.1) is 0 Å². The number of phenols is 1. The van der Waals surface area contributed by atoms with Gasteiger partial charge < -0.3 is 10.4 Å². The van der Waals surface area contributed by atoms with Crippen LogP contribution >= 0.6 is 15.9 Å². The Bertz CT molecular complexity index is 1100. The van der Waals surface area contributed by atoms with E-state index in [0.717, 1.165) is 10.0 Å². The molecule has 3 rings (SSSR count). The first-order valence-electron chi connectivity index (χ1n) is 8.72. The first-order valence-corrected chi connectivity index (χ1v) is 9.52. The minimum atomic E-state index is -0.442. The number of carbonyl (C=O) groups is 2. The average molecular weight is 452 g/mol. The van der Waals surface area contributed by atoms with Crippen molar-refractivity contribution in [3.8, 4) is 5.75 Å². The van der Waals surface area contributed by atoms with Gasteiger partial charge in [-0.1, -0.05) is 39.7 Å². The summed E-state index contributed by atoms with van der Waals surface area (Å²) in [6, 6.07) is 18.7. The number of rotatable bonds is 5. The van der Waals surface area contributed by atoms with Crippen LogP contribution in [0.2, 0.25) is 0 Å². The van der Waals surface area contributed by atoms with Crippen molar-refractivity contribution in [2.24, 2.45) is 5.10 Å². The van der Waals surface area contributed by atoms with Crippen molar-refractivity contribution in [1.29, 1.82) is 0 Å². The molecular formula is C22H18BrN3O3. The lowest BCUT2D eigenvalue weighted by Gasteiger charge is -2.07. The molecule has 0 bridgehead atoms. The molecule has 0 fully saturated rings. The molecule has 6 nitrogen and oxygen atoms in total. The van der Waals surface area contributed by atoms with E-state index in [1.54, 1.807) is 48.5 Å². The number of nitrogens with zero attached hydrogens (tertiary/aromatic N) is 1. The normalized spacial score (nSPS) is 10.7. The SMILES string of the molecule is Cc1cccc(C(=O)Nc2cccc(C(=O)N/N=C\c3cc(Br)ccc3O)c2)c1. The molecule has 3 aromatic carbocycles. The van der Waals surface area contributed by atoms with Gasteiger partial charge in [0.25, 0.3) is 11.8 Å². The highest BCUT2D eigenvalue weighted by atomic mass is 79.9. The summed E-state index contributed by atoms with van der Waals surface area (Å²) in [6.07, 6.45) is 1.35. The molecule has 146 valence electrons. The Morgan fingerprint density at radius 1 is 0.966 bits per heavy atom. The van der Waals surface area contributed by atoms with Crippen LogP contribution in [0.4, 0.5) is 5.69 Å². The van der Waals surface area contributed by atoms with Gasteiger partial charge in [0.1, 0.15) is 5.75 Å². The van der Waals surface area contributed by atoms with Crippen LogP contribution in [-0.2, 0) is 0 Å². The second-order valence-corrected chi connectivity index (χ2v) is 7.22. The van der Waals surface area contributed by atoms with E-state index >= 15 is 0 Å². The van der Waals surface area contributed by atoms with Crippen molar-refractivity contribution < 1.29 is 14.7 Å². The van der Waals surface area contributed by atoms with Gasteiger partial charge in [-0.25, -0.2) is 5.43 Å². The van der Waals surface area contributed by atoms with E-state index in [0.29, 0.717) is 22.4 Å². The summed E-state index contributed by atoms with van der Waals surface area (Å²) in [5.74, 6) is -0.649. The second kappa shape index (κ2) is 9.16. The van der Waals surface area contributed by atoms with Crippen LogP contribution in [0.3, 0.4) is 0 Å². The zero-order valence-electron chi connectivity index (χ0n) is 15.5. The standard InChI is InChI=1S/C22H18BrN3O3/c1-14-4-2-5-15(10-14)21(28)25-19-7-3-6-16(12-19)22(29)26-24-13-17-11-18(23)8-9-20(17)27/h2-13,27H,1H3,(H,25,28)(H,26,29)/b24-13-. The van der Waals surface area contributed by atoms with Crippen molar-refractivity contribution in [2.75, 3.05) is 5.32 Å². The molecule has 7 heteroatoms. The van der Waals surface area contributed by atoms with Crippen LogP contribution in [0.25, 0.3) is 0 Å². The molecule has 0 radical (unpaired) electrons. The van der Waals surface area contributed by atoms with Crippen LogP contribution in [-0.4, -0.2) is 23.1 Å². The van der Waals surface area contributed by atoms with Crippen molar-refractivity contribution in [1.82, 2.24) is 5.43 Å². The number of aromatic hydroxyl groups is 1. The molecule has 0 aliphatic carbocycles. The predicted molar refractivity (Wildman–Crippen MR) is 116 cm³/mol. The van der Waals surface area contributed by atoms with Crippen molar-refractivity contribution in [3.05, 3.63) is 93.5 Å². The summed E-state index contributed by atoms with van der Waals surface area (Å²) in [5, 5.41) is 16.4. The highest BCUT2D eigenvalue weighted by Gasteiger charge is 2.09. The fraction of sp³-hybridized carbons (Fsp3) is 0.0455. The van der Waals surface area contributed by atoms with E-state index < -0.39 is 5.91 Å². The molecule has 0 saturated carbocycles. The van der Waals surface area contributed by atoms with Gasteiger partial charge in [0.05, 0.1) is 6.21 Å². The first-order chi connectivity index (χ1) is 13.9. The summed E-state index contributed by atoms with van der Waals surface area (Å²) >= 11 is 3.31. The molecule has 3 aromatic rings. The van der Waals surface area contributed by atoms with Gasteiger partial charge >= 0.3 is 0 Å². The van der Waals surface area contributed by atoms with E-state index in [1.807, 2.05) is 19.1 Å². The molecule has 0 aliphatic rings. The molecule has 0 spiro atoms. The van der Waals surface area contributed by atoms with Gasteiger partial charge in [0, 0.05) is 26.9 Å². The summed E-state index contributed by atoms with van der Waals surface area (Å²) in [4.78, 5) is 24.7. The predicted octanol–water partition coefficient (Wildman–Crippen LogP) is 4.48. The third-order valence-electron chi connectivity index (χ3n) is 4.02. The van der Waals surface area contributed by atoms with Crippen LogP contribution in [0.1, 0.15) is 31.8 Å². The van der Waals surface area contributed by atoms with Crippen molar-refractivity contribution in [2.45, 2.75) is 6.92 Å². The number of hydrogen-bond donors (Lipinski definition) is 3. The Hall–Kier alpha value is -3.45. The summed E-state index contributed by atoms with van der Waals surface area (Å²) in [6.45, 7) is 1.91. The highest BCUT2D eigenvalue weighted by Crippen LogP contribution is 2.20. The van der Waals surface area contributed by atoms with Crippen LogP contribution in [0, 0.1) is 6.92 Å². The topological polar surface area (TPSA) is 90.8 Å². The Labute approximate surface area is 176 Å². The number of hydrazone groups is 1. The number of nitrogens with one attached hydrogen (secondary N) is 2. The Morgan fingerprint density at radius 3 is 2.45 bits per heavy atom. The average Bonchev–Trinajstić information content (AvgIpc) is 2.70. The van der Waals surface area contributed by atoms with E-state index in [1.165, 1.54) is 12.3 Å². The van der Waals surface area contributed by atoms with Gasteiger partial charge in [-0.2, -0.15) is 5.10 Å². The fourth-order valence-electron chi connectivity index (χ4n) is 2.58. The molecule has 0 atom stereocenters. The molecule has 0 heterocycles. The number of carbonyl (C=O) groups excluding carboxylic acids is 2. The lowest BCUT2D eigenvalue weighted by molar-refractivity contribution is 0.0953. The maximum absolute atomic E-state index is 12.4. The lowest BCUT2D eigenvalue weighted by atomic mass is 10.1. The molecule has 0 aliphatic heterocycles. The number of aryl methyl sites for hydroxylation is 1. The largest absolute Gasteiger partial charge is 0.507 e. The first kappa shape index (κ1) is 20.3. The molecule has 3 N–H and O–H groups in total. The zero-order chi connectivity index (χ0) is 20.8. The van der Waals surface area contributed by atoms with Gasteiger partial charge in [0.2, 0.25) is 0 Å². The summed E-state index contributed by atoms with van der Waals surface area (Å²) in [5.41, 5.74) is 5.22. The number of halogens is 1. The molecular weight excluding hydrogens is 434 g/mol. The van der Waals surface area contributed by atoms with Crippen LogP contribution in [0.15, 0.2) is 76.3 Å². The van der Waals surface area contributed by atoms with E-state index in [4.69, 9.17) is 0 Å². The molecule has 29 heavy (non-hydrogen) atoms. The maximum atomic E-state index is 12.4. The maximum Gasteiger partial charge on any atom is 0.271 e. The minimum absolute atomic E-state index is 0.0482. The smallest absolute Gasteiger partial charge is 0.271 e. The van der Waals surface area contributed by atoms with Crippen LogP contribution in [0.5, 0.6) is 5.75 Å². The third-order valence-corrected chi connectivity index (χ3v) is 4.52. The molecule has 0 aromatic heterocycles. The van der Waals surface area contributed by atoms with Crippen LogP contribution < -0.4 is 10.7 Å². The van der Waals surface area contributed by atoms with Gasteiger partial charge in [-0.05, 0) is 55.5 Å².